The van der Waals surface area contributed by atoms with Crippen molar-refractivity contribution in [1.82, 2.24) is 0 Å². The Morgan fingerprint density at radius 3 is 2.17 bits per heavy atom. The van der Waals surface area contributed by atoms with E-state index in [1.54, 1.807) is 7.11 Å². The Bertz CT molecular complexity index is 476. The van der Waals surface area contributed by atoms with Gasteiger partial charge >= 0.3 is 0 Å². The molecule has 2 fully saturated rings. The van der Waals surface area contributed by atoms with Gasteiger partial charge in [-0.1, -0.05) is 12.1 Å². The van der Waals surface area contributed by atoms with Crippen molar-refractivity contribution in [1.29, 1.82) is 0 Å². The Balaban J connectivity index is 1.61. The molecule has 1 aliphatic carbocycles. The first-order chi connectivity index (χ1) is 11.2. The van der Waals surface area contributed by atoms with Crippen LogP contribution in [0.5, 0.6) is 5.75 Å². The predicted molar refractivity (Wildman–Crippen MR) is 94.1 cm³/mol. The fraction of sp³-hybridized carbons (Fsp3) is 0.684. The highest BCUT2D eigenvalue weighted by atomic mass is 16.5. The molecule has 0 spiro atoms. The summed E-state index contributed by atoms with van der Waals surface area (Å²) in [6, 6.07) is 8.33. The molecule has 0 aromatic heterocycles. The Hall–Kier alpha value is -0.995. The summed E-state index contributed by atoms with van der Waals surface area (Å²) in [7, 11) is 5.41. The van der Waals surface area contributed by atoms with Gasteiger partial charge in [-0.05, 0) is 73.8 Å². The van der Waals surface area contributed by atoms with Crippen molar-refractivity contribution in [3.05, 3.63) is 29.8 Å². The zero-order valence-electron chi connectivity index (χ0n) is 14.7. The van der Waals surface area contributed by atoms with E-state index in [9.17, 15) is 0 Å². The minimum absolute atomic E-state index is 0.197. The largest absolute Gasteiger partial charge is 0.497 e. The summed E-state index contributed by atoms with van der Waals surface area (Å²) in [6.45, 7) is 0.500. The molecular formula is C19H29BO3. The average molecular weight is 316 g/mol. The number of fused-ring (bicyclic) bond motifs is 2. The van der Waals surface area contributed by atoms with Crippen LogP contribution in [0.1, 0.15) is 37.4 Å². The van der Waals surface area contributed by atoms with Crippen LogP contribution < -0.4 is 4.74 Å². The maximum atomic E-state index is 5.81. The van der Waals surface area contributed by atoms with E-state index in [0.717, 1.165) is 29.9 Å². The van der Waals surface area contributed by atoms with E-state index in [1.807, 2.05) is 26.4 Å². The SMILES string of the molecule is COB1CC2CC(C1)CC(CC(OC)c1ccc(OC)cc1)C2. The highest BCUT2D eigenvalue weighted by molar-refractivity contribution is 6.52. The van der Waals surface area contributed by atoms with Gasteiger partial charge in [0.05, 0.1) is 13.2 Å². The maximum absolute atomic E-state index is 5.81. The molecule has 23 heavy (non-hydrogen) atoms. The van der Waals surface area contributed by atoms with Gasteiger partial charge in [0.1, 0.15) is 5.75 Å². The molecular weight excluding hydrogens is 287 g/mol. The molecule has 1 heterocycles. The lowest BCUT2D eigenvalue weighted by atomic mass is 9.46. The minimum atomic E-state index is 0.197. The van der Waals surface area contributed by atoms with Crippen LogP contribution in [-0.2, 0) is 9.39 Å². The number of benzene rings is 1. The van der Waals surface area contributed by atoms with Gasteiger partial charge in [0, 0.05) is 14.2 Å². The molecule has 0 amide bonds. The first-order valence-electron chi connectivity index (χ1n) is 8.91. The van der Waals surface area contributed by atoms with Gasteiger partial charge in [0.2, 0.25) is 0 Å². The van der Waals surface area contributed by atoms with Crippen LogP contribution in [0.25, 0.3) is 0 Å². The summed E-state index contributed by atoms with van der Waals surface area (Å²) in [5, 5.41) is 0. The normalized spacial score (nSPS) is 28.5. The minimum Gasteiger partial charge on any atom is -0.497 e. The van der Waals surface area contributed by atoms with Crippen molar-refractivity contribution in [2.24, 2.45) is 17.8 Å². The first-order valence-corrected chi connectivity index (χ1v) is 8.91. The molecule has 1 aromatic rings. The fourth-order valence-corrected chi connectivity index (χ4v) is 4.80. The Morgan fingerprint density at radius 1 is 1.00 bits per heavy atom. The Labute approximate surface area is 140 Å². The second-order valence-electron chi connectivity index (χ2n) is 7.37. The summed E-state index contributed by atoms with van der Waals surface area (Å²) in [4.78, 5) is 0. The summed E-state index contributed by atoms with van der Waals surface area (Å²) >= 11 is 0. The quantitative estimate of drug-likeness (QED) is 0.725. The van der Waals surface area contributed by atoms with E-state index < -0.39 is 0 Å². The third-order valence-corrected chi connectivity index (χ3v) is 5.85. The van der Waals surface area contributed by atoms with Crippen LogP contribution in [0.2, 0.25) is 12.6 Å². The summed E-state index contributed by atoms with van der Waals surface area (Å²) in [6.07, 6.45) is 7.93. The lowest BCUT2D eigenvalue weighted by Crippen LogP contribution is -2.36. The highest BCUT2D eigenvalue weighted by Gasteiger charge is 2.38. The van der Waals surface area contributed by atoms with Crippen LogP contribution in [-0.4, -0.2) is 28.2 Å². The van der Waals surface area contributed by atoms with Gasteiger partial charge in [-0.25, -0.2) is 0 Å². The van der Waals surface area contributed by atoms with Crippen molar-refractivity contribution in [3.8, 4) is 5.75 Å². The molecule has 2 aliphatic rings. The van der Waals surface area contributed by atoms with Crippen molar-refractivity contribution in [2.75, 3.05) is 21.3 Å². The lowest BCUT2D eigenvalue weighted by Gasteiger charge is -2.41. The number of methoxy groups -OCH3 is 2. The molecule has 2 bridgehead atoms. The van der Waals surface area contributed by atoms with Crippen LogP contribution in [0.15, 0.2) is 24.3 Å². The second-order valence-corrected chi connectivity index (χ2v) is 7.37. The standard InChI is InChI=1S/C19H29BO3/c1-21-18-6-4-17(5-7-18)19(22-2)11-14-8-15-10-16(9-14)13-20(12-15)23-3/h4-7,14-16,19H,8-13H2,1-3H3. The van der Waals surface area contributed by atoms with Gasteiger partial charge in [0.15, 0.2) is 0 Å². The summed E-state index contributed by atoms with van der Waals surface area (Å²) in [5.41, 5.74) is 1.26. The molecule has 0 radical (unpaired) electrons. The molecule has 126 valence electrons. The second kappa shape index (κ2) is 7.72. The molecule has 1 saturated carbocycles. The molecule has 0 N–H and O–H groups in total. The number of hydrogen-bond acceptors (Lipinski definition) is 3. The van der Waals surface area contributed by atoms with E-state index in [1.165, 1.54) is 37.5 Å². The number of hydrogen-bond donors (Lipinski definition) is 0. The van der Waals surface area contributed by atoms with E-state index in [2.05, 4.69) is 12.1 Å². The molecule has 4 heteroatoms. The fourth-order valence-electron chi connectivity index (χ4n) is 4.80. The zero-order valence-corrected chi connectivity index (χ0v) is 14.7. The van der Waals surface area contributed by atoms with Crippen molar-refractivity contribution >= 4 is 6.92 Å². The van der Waals surface area contributed by atoms with Gasteiger partial charge in [0.25, 0.3) is 6.92 Å². The smallest absolute Gasteiger partial charge is 0.293 e. The van der Waals surface area contributed by atoms with Gasteiger partial charge < -0.3 is 14.1 Å². The summed E-state index contributed by atoms with van der Waals surface area (Å²) in [5.74, 6) is 3.39. The Kier molecular flexibility index (Phi) is 5.65. The van der Waals surface area contributed by atoms with Gasteiger partial charge in [-0.2, -0.15) is 0 Å². The van der Waals surface area contributed by atoms with Gasteiger partial charge in [-0.3, -0.25) is 0 Å². The van der Waals surface area contributed by atoms with Crippen LogP contribution >= 0.6 is 0 Å². The third-order valence-electron chi connectivity index (χ3n) is 5.85. The monoisotopic (exact) mass is 316 g/mol. The van der Waals surface area contributed by atoms with Crippen molar-refractivity contribution in [3.63, 3.8) is 0 Å². The molecule has 3 rings (SSSR count). The molecule has 3 nitrogen and oxygen atoms in total. The topological polar surface area (TPSA) is 27.7 Å². The van der Waals surface area contributed by atoms with Crippen molar-refractivity contribution in [2.45, 2.75) is 44.4 Å². The maximum Gasteiger partial charge on any atom is 0.293 e. The number of ether oxygens (including phenoxy) is 2. The van der Waals surface area contributed by atoms with Gasteiger partial charge in [-0.15, -0.1) is 0 Å². The van der Waals surface area contributed by atoms with Crippen LogP contribution in [0.3, 0.4) is 0 Å². The van der Waals surface area contributed by atoms with E-state index in [4.69, 9.17) is 14.1 Å². The molecule has 3 atom stereocenters. The van der Waals surface area contributed by atoms with Crippen LogP contribution in [0.4, 0.5) is 0 Å². The highest BCUT2D eigenvalue weighted by Crippen LogP contribution is 2.46. The number of rotatable bonds is 6. The zero-order chi connectivity index (χ0) is 16.2. The van der Waals surface area contributed by atoms with E-state index >= 15 is 0 Å². The molecule has 3 unspecified atom stereocenters. The van der Waals surface area contributed by atoms with Crippen LogP contribution in [0, 0.1) is 17.8 Å². The lowest BCUT2D eigenvalue weighted by molar-refractivity contribution is 0.0599. The van der Waals surface area contributed by atoms with Crippen molar-refractivity contribution < 1.29 is 14.1 Å². The first kappa shape index (κ1) is 16.8. The molecule has 1 saturated heterocycles. The van der Waals surface area contributed by atoms with E-state index in [0.29, 0.717) is 6.92 Å². The third kappa shape index (κ3) is 4.10. The Morgan fingerprint density at radius 2 is 1.65 bits per heavy atom. The molecule has 1 aromatic carbocycles. The predicted octanol–water partition coefficient (Wildman–Crippen LogP) is 4.46. The van der Waals surface area contributed by atoms with E-state index in [-0.39, 0.29) is 6.10 Å². The summed E-state index contributed by atoms with van der Waals surface area (Å²) < 4.78 is 16.7. The average Bonchev–Trinajstić information content (AvgIpc) is 2.59. The molecule has 1 aliphatic heterocycles.